The fourth-order valence-corrected chi connectivity index (χ4v) is 6.81. The highest BCUT2D eigenvalue weighted by molar-refractivity contribution is 7.88. The number of hydrogen-bond donors (Lipinski definition) is 4. The van der Waals surface area contributed by atoms with Gasteiger partial charge in [-0.1, -0.05) is 19.3 Å². The van der Waals surface area contributed by atoms with E-state index in [0.29, 0.717) is 30.2 Å². The van der Waals surface area contributed by atoms with E-state index in [1.165, 1.54) is 38.4 Å². The molecule has 4 rings (SSSR count). The molecule has 0 radical (unpaired) electrons. The number of hydrazine groups is 1. The molecule has 0 aromatic carbocycles. The minimum Gasteiger partial charge on any atom is -0.299 e. The van der Waals surface area contributed by atoms with Crippen LogP contribution in [0.4, 0.5) is 0 Å². The Kier molecular flexibility index (Phi) is 6.12. The molecule has 27 heavy (non-hydrogen) atoms. The smallest absolute Gasteiger partial charge is 0.208 e. The Morgan fingerprint density at radius 1 is 0.963 bits per heavy atom. The molecule has 2 heterocycles. The fraction of sp³-hybridized carbons (Fsp3) is 1.00. The van der Waals surface area contributed by atoms with Crippen LogP contribution >= 0.6 is 0 Å². The van der Waals surface area contributed by atoms with Crippen LogP contribution in [0.1, 0.15) is 57.8 Å². The molecule has 156 valence electrons. The van der Waals surface area contributed by atoms with Crippen molar-refractivity contribution in [2.75, 3.05) is 19.8 Å². The van der Waals surface area contributed by atoms with E-state index in [4.69, 9.17) is 0 Å². The van der Waals surface area contributed by atoms with Crippen molar-refractivity contribution in [2.24, 2.45) is 11.8 Å². The average Bonchev–Trinajstić information content (AvgIpc) is 3.06. The summed E-state index contributed by atoms with van der Waals surface area (Å²) < 4.78 is 26.3. The molecule has 2 aliphatic carbocycles. The third kappa shape index (κ3) is 4.85. The second kappa shape index (κ2) is 8.24. The number of nitrogens with zero attached hydrogens (tertiary/aromatic N) is 1. The Hall–Kier alpha value is -0.250. The second-order valence-electron chi connectivity index (χ2n) is 9.35. The molecule has 2 saturated carbocycles. The van der Waals surface area contributed by atoms with Gasteiger partial charge >= 0.3 is 0 Å². The summed E-state index contributed by atoms with van der Waals surface area (Å²) in [6.07, 6.45) is 12.5. The van der Waals surface area contributed by atoms with Crippen LogP contribution in [0.25, 0.3) is 0 Å². The van der Waals surface area contributed by atoms with Gasteiger partial charge in [-0.05, 0) is 50.4 Å². The van der Waals surface area contributed by atoms with E-state index in [2.05, 4.69) is 32.8 Å². The van der Waals surface area contributed by atoms with Crippen molar-refractivity contribution in [3.63, 3.8) is 0 Å². The van der Waals surface area contributed by atoms with Crippen LogP contribution in [0, 0.1) is 11.8 Å². The Morgan fingerprint density at radius 2 is 1.74 bits per heavy atom. The van der Waals surface area contributed by atoms with E-state index in [0.717, 1.165) is 38.1 Å². The van der Waals surface area contributed by atoms with Crippen molar-refractivity contribution in [3.05, 3.63) is 0 Å². The van der Waals surface area contributed by atoms with Crippen LogP contribution in [0.3, 0.4) is 0 Å². The predicted octanol–water partition coefficient (Wildman–Crippen LogP) is 0.749. The van der Waals surface area contributed by atoms with E-state index >= 15 is 0 Å². The van der Waals surface area contributed by atoms with E-state index < -0.39 is 10.0 Å². The molecule has 4 fully saturated rings. The first-order valence-electron chi connectivity index (χ1n) is 10.9. The topological polar surface area (TPSA) is 85.5 Å². The van der Waals surface area contributed by atoms with E-state index in [9.17, 15) is 8.42 Å². The maximum atomic E-state index is 11.7. The maximum Gasteiger partial charge on any atom is 0.208 e. The molecule has 0 amide bonds. The highest BCUT2D eigenvalue weighted by Crippen LogP contribution is 2.36. The maximum absolute atomic E-state index is 11.7. The second-order valence-corrected chi connectivity index (χ2v) is 11.1. The van der Waals surface area contributed by atoms with Crippen LogP contribution in [0.15, 0.2) is 0 Å². The van der Waals surface area contributed by atoms with Crippen LogP contribution in [-0.2, 0) is 10.0 Å². The van der Waals surface area contributed by atoms with Gasteiger partial charge in [0.05, 0.1) is 12.4 Å². The van der Waals surface area contributed by atoms with Crippen LogP contribution < -0.4 is 20.8 Å². The standard InChI is InChI=1S/C19H37N5O2S/c1-24-11-10-17(22-24)18-15-12-14(23-27(2,25)26)8-9-16(15)20-19(21-18)13-6-4-3-5-7-13/h13-23H,3-12H2,1-2H3. The van der Waals surface area contributed by atoms with Gasteiger partial charge in [-0.2, -0.15) is 0 Å². The first-order chi connectivity index (χ1) is 12.9. The van der Waals surface area contributed by atoms with Gasteiger partial charge in [-0.3, -0.25) is 16.1 Å². The number of sulfonamides is 1. The molecule has 0 bridgehead atoms. The molecule has 7 nitrogen and oxygen atoms in total. The summed E-state index contributed by atoms with van der Waals surface area (Å²) in [4.78, 5) is 0. The summed E-state index contributed by atoms with van der Waals surface area (Å²) in [5, 5.41) is 10.1. The van der Waals surface area contributed by atoms with E-state index in [1.807, 2.05) is 0 Å². The molecule has 8 heteroatoms. The summed E-state index contributed by atoms with van der Waals surface area (Å²) in [7, 11) is -1.03. The lowest BCUT2D eigenvalue weighted by atomic mass is 9.72. The summed E-state index contributed by atoms with van der Waals surface area (Å²) in [6, 6.07) is 1.40. The number of rotatable bonds is 4. The summed E-state index contributed by atoms with van der Waals surface area (Å²) in [5.74, 6) is 1.19. The molecule has 6 atom stereocenters. The molecule has 0 aromatic rings. The summed E-state index contributed by atoms with van der Waals surface area (Å²) in [6.45, 7) is 1.08. The molecular formula is C19H37N5O2S. The highest BCUT2D eigenvalue weighted by atomic mass is 32.2. The van der Waals surface area contributed by atoms with Gasteiger partial charge in [0.1, 0.15) is 0 Å². The molecule has 2 saturated heterocycles. The SMILES string of the molecule is CN1CCC(C2NC(C3CCCCC3)NC3CCC(NS(C)(=O)=O)CC32)N1. The molecule has 4 aliphatic rings. The van der Waals surface area contributed by atoms with Crippen molar-refractivity contribution in [1.82, 2.24) is 25.8 Å². The largest absolute Gasteiger partial charge is 0.299 e. The fourth-order valence-electron chi connectivity index (χ4n) is 5.99. The Morgan fingerprint density at radius 3 is 2.41 bits per heavy atom. The third-order valence-electron chi connectivity index (χ3n) is 7.22. The van der Waals surface area contributed by atoms with Gasteiger partial charge in [-0.25, -0.2) is 18.1 Å². The Labute approximate surface area is 164 Å². The number of hydrogen-bond acceptors (Lipinski definition) is 6. The molecule has 0 aromatic heterocycles. The quantitative estimate of drug-likeness (QED) is 0.558. The normalized spacial score (nSPS) is 42.1. The van der Waals surface area contributed by atoms with Crippen molar-refractivity contribution in [3.8, 4) is 0 Å². The van der Waals surface area contributed by atoms with Crippen LogP contribution in [0.2, 0.25) is 0 Å². The Balaban J connectivity index is 1.49. The first-order valence-corrected chi connectivity index (χ1v) is 12.7. The summed E-state index contributed by atoms with van der Waals surface area (Å²) >= 11 is 0. The zero-order valence-corrected chi connectivity index (χ0v) is 17.6. The van der Waals surface area contributed by atoms with Gasteiger partial charge in [0, 0.05) is 37.8 Å². The van der Waals surface area contributed by atoms with Crippen LogP contribution in [-0.4, -0.2) is 63.6 Å². The van der Waals surface area contributed by atoms with Crippen molar-refractivity contribution < 1.29 is 8.42 Å². The third-order valence-corrected chi connectivity index (χ3v) is 7.99. The predicted molar refractivity (Wildman–Crippen MR) is 107 cm³/mol. The molecular weight excluding hydrogens is 362 g/mol. The lowest BCUT2D eigenvalue weighted by molar-refractivity contribution is 0.0550. The van der Waals surface area contributed by atoms with Crippen molar-refractivity contribution >= 4 is 10.0 Å². The zero-order valence-electron chi connectivity index (χ0n) is 16.8. The lowest BCUT2D eigenvalue weighted by Gasteiger charge is -2.52. The Bertz CT molecular complexity index is 609. The molecule has 4 N–H and O–H groups in total. The average molecular weight is 400 g/mol. The molecule has 2 aliphatic heterocycles. The van der Waals surface area contributed by atoms with E-state index in [-0.39, 0.29) is 6.04 Å². The van der Waals surface area contributed by atoms with Crippen molar-refractivity contribution in [1.29, 1.82) is 0 Å². The minimum atomic E-state index is -3.15. The molecule has 6 unspecified atom stereocenters. The molecule has 0 spiro atoms. The van der Waals surface area contributed by atoms with Gasteiger partial charge in [0.25, 0.3) is 0 Å². The van der Waals surface area contributed by atoms with Gasteiger partial charge in [0.15, 0.2) is 0 Å². The van der Waals surface area contributed by atoms with Gasteiger partial charge in [0.2, 0.25) is 10.0 Å². The zero-order chi connectivity index (χ0) is 19.0. The first kappa shape index (κ1) is 20.0. The monoisotopic (exact) mass is 399 g/mol. The highest BCUT2D eigenvalue weighted by Gasteiger charge is 2.46. The van der Waals surface area contributed by atoms with Crippen molar-refractivity contribution in [2.45, 2.75) is 88.1 Å². The number of nitrogens with one attached hydrogen (secondary N) is 4. The van der Waals surface area contributed by atoms with E-state index in [1.54, 1.807) is 0 Å². The minimum absolute atomic E-state index is 0.0673. The number of fused-ring (bicyclic) bond motifs is 1. The summed E-state index contributed by atoms with van der Waals surface area (Å²) in [5.41, 5.74) is 3.65. The van der Waals surface area contributed by atoms with Gasteiger partial charge < -0.3 is 0 Å². The lowest BCUT2D eigenvalue weighted by Crippen LogP contribution is -2.71. The van der Waals surface area contributed by atoms with Crippen LogP contribution in [0.5, 0.6) is 0 Å². The van der Waals surface area contributed by atoms with Gasteiger partial charge in [-0.15, -0.1) is 0 Å².